The molecule has 6 heteroatoms. The van der Waals surface area contributed by atoms with Gasteiger partial charge in [-0.25, -0.2) is 0 Å². The number of nitrogens with zero attached hydrogens (tertiary/aromatic N) is 1. The van der Waals surface area contributed by atoms with Crippen molar-refractivity contribution >= 4 is 29.9 Å². The minimum Gasteiger partial charge on any atom is -0.489 e. The quantitative estimate of drug-likeness (QED) is 0.363. The molecule has 1 unspecified atom stereocenters. The van der Waals surface area contributed by atoms with Gasteiger partial charge in [-0.2, -0.15) is 0 Å². The Labute approximate surface area is 163 Å². The molecule has 0 aromatic heterocycles. The minimum atomic E-state index is -0.272. The molecule has 0 saturated heterocycles. The molecule has 1 atom stereocenters. The third kappa shape index (κ3) is 8.73. The summed E-state index contributed by atoms with van der Waals surface area (Å²) in [5, 5.41) is 6.55. The van der Waals surface area contributed by atoms with E-state index < -0.39 is 0 Å². The highest BCUT2D eigenvalue weighted by molar-refractivity contribution is 14.0. The van der Waals surface area contributed by atoms with Crippen LogP contribution < -0.4 is 15.4 Å². The molecule has 5 nitrogen and oxygen atoms in total. The van der Waals surface area contributed by atoms with Crippen LogP contribution in [0.1, 0.15) is 33.3 Å². The van der Waals surface area contributed by atoms with Crippen LogP contribution in [0.2, 0.25) is 0 Å². The number of methoxy groups -OCH3 is 1. The molecule has 0 aliphatic rings. The Morgan fingerprint density at radius 1 is 1.25 bits per heavy atom. The number of para-hydroxylation sites is 1. The zero-order valence-corrected chi connectivity index (χ0v) is 18.0. The van der Waals surface area contributed by atoms with Crippen LogP contribution in [0.5, 0.6) is 5.75 Å². The Bertz CT molecular complexity index is 507. The summed E-state index contributed by atoms with van der Waals surface area (Å²) >= 11 is 0. The second kappa shape index (κ2) is 11.5. The highest BCUT2D eigenvalue weighted by Gasteiger charge is 2.16. The van der Waals surface area contributed by atoms with E-state index in [9.17, 15) is 0 Å². The molecule has 0 bridgehead atoms. The lowest BCUT2D eigenvalue weighted by atomic mass is 10.1. The molecule has 1 rings (SSSR count). The van der Waals surface area contributed by atoms with Crippen LogP contribution in [0.25, 0.3) is 0 Å². The van der Waals surface area contributed by atoms with Gasteiger partial charge in [-0.05, 0) is 46.2 Å². The van der Waals surface area contributed by atoms with Gasteiger partial charge in [0, 0.05) is 13.7 Å². The number of rotatable bonds is 8. The molecule has 0 heterocycles. The average molecular weight is 449 g/mol. The fraction of sp³-hybridized carbons (Fsp3) is 0.611. The number of nitrogens with one attached hydrogen (secondary N) is 2. The first-order valence-electron chi connectivity index (χ1n) is 8.17. The smallest absolute Gasteiger partial charge is 0.191 e. The maximum absolute atomic E-state index is 5.97. The lowest BCUT2D eigenvalue weighted by Crippen LogP contribution is -2.42. The second-order valence-electron chi connectivity index (χ2n) is 6.23. The van der Waals surface area contributed by atoms with E-state index in [2.05, 4.69) is 15.6 Å². The number of aryl methyl sites for hydroxylation is 1. The average Bonchev–Trinajstić information content (AvgIpc) is 2.52. The van der Waals surface area contributed by atoms with Crippen molar-refractivity contribution in [3.8, 4) is 5.75 Å². The van der Waals surface area contributed by atoms with Crippen molar-refractivity contribution in [2.24, 2.45) is 4.99 Å². The van der Waals surface area contributed by atoms with E-state index in [0.29, 0.717) is 13.1 Å². The predicted octanol–water partition coefficient (Wildman–Crippen LogP) is 3.36. The highest BCUT2D eigenvalue weighted by atomic mass is 127. The Kier molecular flexibility index (Phi) is 11.0. The van der Waals surface area contributed by atoms with Gasteiger partial charge >= 0.3 is 0 Å². The maximum atomic E-state index is 5.97. The number of guanidine groups is 1. The molecule has 24 heavy (non-hydrogen) atoms. The summed E-state index contributed by atoms with van der Waals surface area (Å²) in [4.78, 5) is 4.57. The first kappa shape index (κ1) is 23.0. The van der Waals surface area contributed by atoms with Gasteiger partial charge in [0.1, 0.15) is 11.9 Å². The van der Waals surface area contributed by atoms with Gasteiger partial charge in [-0.3, -0.25) is 4.99 Å². The van der Waals surface area contributed by atoms with Crippen LogP contribution in [-0.2, 0) is 4.74 Å². The number of ether oxygens (including phenoxy) is 2. The van der Waals surface area contributed by atoms with Gasteiger partial charge in [0.05, 0.1) is 18.7 Å². The molecule has 0 aliphatic heterocycles. The van der Waals surface area contributed by atoms with Crippen LogP contribution in [0.4, 0.5) is 0 Å². The molecule has 0 saturated carbocycles. The summed E-state index contributed by atoms with van der Waals surface area (Å²) in [5.41, 5.74) is 0.868. The van der Waals surface area contributed by atoms with Crippen LogP contribution >= 0.6 is 24.0 Å². The second-order valence-corrected chi connectivity index (χ2v) is 6.23. The first-order valence-corrected chi connectivity index (χ1v) is 8.17. The monoisotopic (exact) mass is 449 g/mol. The van der Waals surface area contributed by atoms with E-state index in [-0.39, 0.29) is 35.7 Å². The molecule has 2 N–H and O–H groups in total. The Balaban J connectivity index is 0.00000529. The fourth-order valence-corrected chi connectivity index (χ4v) is 1.86. The summed E-state index contributed by atoms with van der Waals surface area (Å²) < 4.78 is 11.4. The molecular formula is C18H32IN3O2. The lowest BCUT2D eigenvalue weighted by Gasteiger charge is -2.22. The SMILES string of the molecule is CCNC(=NCC(C)(C)OC)NCC(C)Oc1ccccc1C.I. The van der Waals surface area contributed by atoms with Crippen molar-refractivity contribution in [2.75, 3.05) is 26.7 Å². The number of halogens is 1. The molecular weight excluding hydrogens is 417 g/mol. The minimum absolute atomic E-state index is 0. The van der Waals surface area contributed by atoms with Crippen molar-refractivity contribution in [1.29, 1.82) is 0 Å². The third-order valence-electron chi connectivity index (χ3n) is 3.49. The zero-order chi connectivity index (χ0) is 17.3. The molecule has 0 amide bonds. The number of hydrogen-bond acceptors (Lipinski definition) is 3. The largest absolute Gasteiger partial charge is 0.489 e. The standard InChI is InChI=1S/C18H31N3O2.HI/c1-7-19-17(21-13-18(4,5)22-6)20-12-15(3)23-16-11-9-8-10-14(16)2;/h8-11,15H,7,12-13H2,1-6H3,(H2,19,20,21);1H. The van der Waals surface area contributed by atoms with Crippen LogP contribution in [-0.4, -0.2) is 44.4 Å². The van der Waals surface area contributed by atoms with Crippen LogP contribution in [0.3, 0.4) is 0 Å². The summed E-state index contributed by atoms with van der Waals surface area (Å²) in [5.74, 6) is 1.70. The zero-order valence-electron chi connectivity index (χ0n) is 15.7. The van der Waals surface area contributed by atoms with Crippen molar-refractivity contribution in [1.82, 2.24) is 10.6 Å². The lowest BCUT2D eigenvalue weighted by molar-refractivity contribution is 0.0310. The number of benzene rings is 1. The van der Waals surface area contributed by atoms with Crippen molar-refractivity contribution < 1.29 is 9.47 Å². The molecule has 1 aromatic rings. The van der Waals surface area contributed by atoms with E-state index in [1.165, 1.54) is 0 Å². The van der Waals surface area contributed by atoms with E-state index in [4.69, 9.17) is 9.47 Å². The Morgan fingerprint density at radius 3 is 2.50 bits per heavy atom. The number of hydrogen-bond donors (Lipinski definition) is 2. The summed E-state index contributed by atoms with van der Waals surface area (Å²) in [7, 11) is 1.70. The van der Waals surface area contributed by atoms with Crippen molar-refractivity contribution in [3.63, 3.8) is 0 Å². The highest BCUT2D eigenvalue weighted by Crippen LogP contribution is 2.17. The Hall–Kier alpha value is -1.02. The summed E-state index contributed by atoms with van der Waals surface area (Å²) in [6, 6.07) is 8.04. The van der Waals surface area contributed by atoms with Crippen molar-refractivity contribution in [2.45, 2.75) is 46.3 Å². The molecule has 0 radical (unpaired) electrons. The third-order valence-corrected chi connectivity index (χ3v) is 3.49. The van der Waals surface area contributed by atoms with Gasteiger partial charge in [0.2, 0.25) is 0 Å². The van der Waals surface area contributed by atoms with Gasteiger partial charge in [-0.15, -0.1) is 24.0 Å². The van der Waals surface area contributed by atoms with E-state index in [1.807, 2.05) is 58.9 Å². The van der Waals surface area contributed by atoms with Crippen LogP contribution in [0, 0.1) is 6.92 Å². The maximum Gasteiger partial charge on any atom is 0.191 e. The van der Waals surface area contributed by atoms with Gasteiger partial charge in [0.15, 0.2) is 5.96 Å². The summed E-state index contributed by atoms with van der Waals surface area (Å²) in [6.45, 7) is 12.3. The Morgan fingerprint density at radius 2 is 1.92 bits per heavy atom. The van der Waals surface area contributed by atoms with E-state index in [0.717, 1.165) is 23.8 Å². The molecule has 0 aliphatic carbocycles. The number of aliphatic imine (C=N–C) groups is 1. The van der Waals surface area contributed by atoms with Gasteiger partial charge in [0.25, 0.3) is 0 Å². The van der Waals surface area contributed by atoms with Crippen molar-refractivity contribution in [3.05, 3.63) is 29.8 Å². The first-order chi connectivity index (χ1) is 10.9. The normalized spacial score (nSPS) is 13.0. The van der Waals surface area contributed by atoms with Gasteiger partial charge in [-0.1, -0.05) is 18.2 Å². The fourth-order valence-electron chi connectivity index (χ4n) is 1.86. The molecule has 1 aromatic carbocycles. The van der Waals surface area contributed by atoms with E-state index >= 15 is 0 Å². The topological polar surface area (TPSA) is 54.9 Å². The molecule has 138 valence electrons. The van der Waals surface area contributed by atoms with E-state index in [1.54, 1.807) is 7.11 Å². The molecule has 0 spiro atoms. The molecule has 0 fully saturated rings. The predicted molar refractivity (Wildman–Crippen MR) is 112 cm³/mol. The summed E-state index contributed by atoms with van der Waals surface area (Å²) in [6.07, 6.45) is 0.0374. The van der Waals surface area contributed by atoms with Crippen LogP contribution in [0.15, 0.2) is 29.3 Å². The van der Waals surface area contributed by atoms with Gasteiger partial charge < -0.3 is 20.1 Å².